The lowest BCUT2D eigenvalue weighted by atomic mass is 9.87. The van der Waals surface area contributed by atoms with Gasteiger partial charge in [-0.15, -0.1) is 0 Å². The average Bonchev–Trinajstić information content (AvgIpc) is 2.47. The van der Waals surface area contributed by atoms with Gasteiger partial charge in [0.2, 0.25) is 9.12 Å². The zero-order chi connectivity index (χ0) is 16.0. The molecule has 2 nitrogen and oxygen atoms in total. The molecule has 0 atom stereocenters. The molecule has 0 spiro atoms. The first-order valence-electron chi connectivity index (χ1n) is 8.48. The fourth-order valence-corrected chi connectivity index (χ4v) is 6.89. The van der Waals surface area contributed by atoms with E-state index in [1.54, 1.807) is 5.19 Å². The van der Waals surface area contributed by atoms with Crippen LogP contribution < -0.4 is 5.19 Å². The molecular weight excluding hydrogens is 272 g/mol. The van der Waals surface area contributed by atoms with Crippen LogP contribution in [0.5, 0.6) is 0 Å². The van der Waals surface area contributed by atoms with E-state index in [1.165, 1.54) is 5.56 Å². The first-order valence-corrected chi connectivity index (χ1v) is 10.1. The third-order valence-electron chi connectivity index (χ3n) is 4.36. The Labute approximate surface area is 133 Å². The molecule has 3 heteroatoms. The Bertz CT molecular complexity index is 405. The van der Waals surface area contributed by atoms with Crippen LogP contribution in [0, 0.1) is 0 Å². The molecule has 0 aliphatic carbocycles. The third kappa shape index (κ3) is 4.41. The summed E-state index contributed by atoms with van der Waals surface area (Å²) in [5.41, 5.74) is 1.74. The van der Waals surface area contributed by atoms with Gasteiger partial charge in [0, 0.05) is 0 Å². The van der Waals surface area contributed by atoms with E-state index in [0.29, 0.717) is 0 Å². The molecule has 1 aromatic carbocycles. The molecule has 1 rings (SSSR count). The second-order valence-corrected chi connectivity index (χ2v) is 9.48. The summed E-state index contributed by atoms with van der Waals surface area (Å²) < 4.78 is 5.41. The maximum Gasteiger partial charge on any atom is 0.223 e. The Kier molecular flexibility index (Phi) is 7.11. The van der Waals surface area contributed by atoms with E-state index in [1.807, 2.05) is 0 Å². The Morgan fingerprint density at radius 1 is 0.810 bits per heavy atom. The second-order valence-electron chi connectivity index (χ2n) is 6.65. The number of hydrogen-bond acceptors (Lipinski definition) is 2. The topological polar surface area (TPSA) is 6.48 Å². The molecule has 0 aliphatic heterocycles. The zero-order valence-corrected chi connectivity index (χ0v) is 16.3. The van der Waals surface area contributed by atoms with E-state index in [9.17, 15) is 0 Å². The van der Waals surface area contributed by atoms with Gasteiger partial charge >= 0.3 is 0 Å². The molecule has 0 radical (unpaired) electrons. The van der Waals surface area contributed by atoms with E-state index in [-0.39, 0.29) is 5.41 Å². The molecule has 0 aliphatic rings. The highest BCUT2D eigenvalue weighted by atomic mass is 28.3. The van der Waals surface area contributed by atoms with Gasteiger partial charge in [0.05, 0.1) is 0 Å². The minimum Gasteiger partial charge on any atom is -0.311 e. The minimum atomic E-state index is -1.29. The van der Waals surface area contributed by atoms with Crippen molar-refractivity contribution in [2.24, 2.45) is 0 Å². The van der Waals surface area contributed by atoms with Crippen LogP contribution in [0.25, 0.3) is 0 Å². The fraction of sp³-hybridized carbons (Fsp3) is 0.667. The zero-order valence-electron chi connectivity index (χ0n) is 15.1. The molecule has 0 fully saturated rings. The van der Waals surface area contributed by atoms with Crippen LogP contribution in [0.3, 0.4) is 0 Å². The largest absolute Gasteiger partial charge is 0.311 e. The van der Waals surface area contributed by atoms with E-state index < -0.39 is 9.12 Å². The molecule has 0 aromatic heterocycles. The number of nitrogens with zero attached hydrogens (tertiary/aromatic N) is 2. The lowest BCUT2D eigenvalue weighted by molar-refractivity contribution is 0.387. The summed E-state index contributed by atoms with van der Waals surface area (Å²) in [6.07, 6.45) is 0. The molecule has 0 amide bonds. The first-order chi connectivity index (χ1) is 9.90. The van der Waals surface area contributed by atoms with Gasteiger partial charge in [-0.05, 0) is 42.3 Å². The van der Waals surface area contributed by atoms with Crippen LogP contribution in [-0.4, -0.2) is 44.4 Å². The third-order valence-corrected chi connectivity index (χ3v) is 8.27. The normalized spacial score (nSPS) is 12.7. The average molecular weight is 307 g/mol. The summed E-state index contributed by atoms with van der Waals surface area (Å²) in [5.74, 6) is 0. The molecule has 0 saturated carbocycles. The standard InChI is InChI=1S/C18H34N2Si/c1-8-19(9-2)21(20(10-3)11-4)17-15-13-12-14-16(17)18(5,6)7/h12-15,21H,8-11H2,1-7H3. The monoisotopic (exact) mass is 306 g/mol. The van der Waals surface area contributed by atoms with Crippen molar-refractivity contribution in [3.8, 4) is 0 Å². The highest BCUT2D eigenvalue weighted by Crippen LogP contribution is 2.21. The molecule has 0 N–H and O–H groups in total. The summed E-state index contributed by atoms with van der Waals surface area (Å²) in [6.45, 7) is 20.8. The van der Waals surface area contributed by atoms with Crippen LogP contribution in [0.15, 0.2) is 24.3 Å². The summed E-state index contributed by atoms with van der Waals surface area (Å²) >= 11 is 0. The van der Waals surface area contributed by atoms with Crippen LogP contribution in [-0.2, 0) is 5.41 Å². The summed E-state index contributed by atoms with van der Waals surface area (Å²) in [5, 5.41) is 1.61. The lowest BCUT2D eigenvalue weighted by Crippen LogP contribution is -2.61. The van der Waals surface area contributed by atoms with E-state index >= 15 is 0 Å². The van der Waals surface area contributed by atoms with Crippen LogP contribution in [0.2, 0.25) is 0 Å². The number of benzene rings is 1. The second kappa shape index (κ2) is 8.11. The quantitative estimate of drug-likeness (QED) is 0.714. The number of rotatable bonds is 7. The van der Waals surface area contributed by atoms with Crippen LogP contribution in [0.4, 0.5) is 0 Å². The van der Waals surface area contributed by atoms with E-state index in [2.05, 4.69) is 81.9 Å². The molecule has 0 saturated heterocycles. The molecule has 0 bridgehead atoms. The summed E-state index contributed by atoms with van der Waals surface area (Å²) in [6, 6.07) is 9.13. The molecule has 0 unspecified atom stereocenters. The van der Waals surface area contributed by atoms with Crippen LogP contribution >= 0.6 is 0 Å². The van der Waals surface area contributed by atoms with Crippen molar-refractivity contribution in [2.45, 2.75) is 53.9 Å². The van der Waals surface area contributed by atoms with Crippen molar-refractivity contribution >= 4 is 14.3 Å². The van der Waals surface area contributed by atoms with Gasteiger partial charge in [-0.25, -0.2) is 0 Å². The van der Waals surface area contributed by atoms with E-state index in [4.69, 9.17) is 0 Å². The van der Waals surface area contributed by atoms with Crippen molar-refractivity contribution in [3.05, 3.63) is 29.8 Å². The van der Waals surface area contributed by atoms with Gasteiger partial charge in [0.15, 0.2) is 0 Å². The van der Waals surface area contributed by atoms with Gasteiger partial charge in [-0.3, -0.25) is 0 Å². The predicted molar refractivity (Wildman–Crippen MR) is 97.8 cm³/mol. The van der Waals surface area contributed by atoms with E-state index in [0.717, 1.165) is 26.2 Å². The fourth-order valence-electron chi connectivity index (χ4n) is 3.17. The SMILES string of the molecule is CCN(CC)[SiH](c1ccccc1C(C)(C)C)N(CC)CC. The van der Waals surface area contributed by atoms with Crippen LogP contribution in [0.1, 0.15) is 54.0 Å². The highest BCUT2D eigenvalue weighted by Gasteiger charge is 2.30. The van der Waals surface area contributed by atoms with Gasteiger partial charge in [0.1, 0.15) is 0 Å². The first kappa shape index (κ1) is 18.4. The van der Waals surface area contributed by atoms with Crippen molar-refractivity contribution in [3.63, 3.8) is 0 Å². The molecule has 120 valence electrons. The van der Waals surface area contributed by atoms with Crippen molar-refractivity contribution < 1.29 is 0 Å². The van der Waals surface area contributed by atoms with Crippen molar-refractivity contribution in [1.29, 1.82) is 0 Å². The minimum absolute atomic E-state index is 0.210. The molecule has 1 aromatic rings. The van der Waals surface area contributed by atoms with Crippen molar-refractivity contribution in [2.75, 3.05) is 26.2 Å². The molecule has 0 heterocycles. The van der Waals surface area contributed by atoms with Gasteiger partial charge < -0.3 is 9.13 Å². The van der Waals surface area contributed by atoms with Gasteiger partial charge in [-0.1, -0.05) is 72.7 Å². The Morgan fingerprint density at radius 2 is 1.24 bits per heavy atom. The molecule has 21 heavy (non-hydrogen) atoms. The Morgan fingerprint density at radius 3 is 1.62 bits per heavy atom. The Hall–Kier alpha value is -0.643. The molecular formula is C18H34N2Si. The van der Waals surface area contributed by atoms with Gasteiger partial charge in [-0.2, -0.15) is 0 Å². The summed E-state index contributed by atoms with van der Waals surface area (Å²) in [7, 11) is -1.29. The highest BCUT2D eigenvalue weighted by molar-refractivity contribution is 6.68. The summed E-state index contributed by atoms with van der Waals surface area (Å²) in [4.78, 5) is 0. The maximum absolute atomic E-state index is 2.71. The predicted octanol–water partition coefficient (Wildman–Crippen LogP) is 3.10. The van der Waals surface area contributed by atoms with Gasteiger partial charge in [0.25, 0.3) is 0 Å². The maximum atomic E-state index is 2.71. The van der Waals surface area contributed by atoms with Crippen molar-refractivity contribution in [1.82, 2.24) is 9.13 Å². The number of hydrogen-bond donors (Lipinski definition) is 0. The lowest BCUT2D eigenvalue weighted by Gasteiger charge is -2.39. The smallest absolute Gasteiger partial charge is 0.223 e. The Balaban J connectivity index is 3.39.